The van der Waals surface area contributed by atoms with Gasteiger partial charge in [-0.3, -0.25) is 4.79 Å². The van der Waals surface area contributed by atoms with Crippen LogP contribution in [0.2, 0.25) is 0 Å². The second-order valence-corrected chi connectivity index (χ2v) is 6.16. The molecule has 1 saturated heterocycles. The van der Waals surface area contributed by atoms with Crippen LogP contribution in [-0.4, -0.2) is 36.5 Å². The number of carbonyl (C=O) groups is 1. The molecule has 0 spiro atoms. The maximum atomic E-state index is 12.4. The lowest BCUT2D eigenvalue weighted by atomic mass is 10.0. The van der Waals surface area contributed by atoms with Crippen LogP contribution in [0.15, 0.2) is 24.3 Å². The van der Waals surface area contributed by atoms with E-state index in [1.807, 2.05) is 30.0 Å². The fraction of sp³-hybridized carbons (Fsp3) is 0.588. The number of hydrogen-bond donors (Lipinski definition) is 1. The Bertz CT molecular complexity index is 493. The zero-order valence-corrected chi connectivity index (χ0v) is 14.4. The SMILES string of the molecule is CC(Oc1cccc(C(C)C)c1)C(=O)N1CCC(CN)C1.Cl. The van der Waals surface area contributed by atoms with E-state index in [9.17, 15) is 4.79 Å². The maximum Gasteiger partial charge on any atom is 0.263 e. The van der Waals surface area contributed by atoms with Gasteiger partial charge in [0.2, 0.25) is 0 Å². The van der Waals surface area contributed by atoms with Gasteiger partial charge in [0.1, 0.15) is 5.75 Å². The molecule has 0 saturated carbocycles. The summed E-state index contributed by atoms with van der Waals surface area (Å²) in [5, 5.41) is 0. The summed E-state index contributed by atoms with van der Waals surface area (Å²) in [5.74, 6) is 1.70. The third-order valence-electron chi connectivity index (χ3n) is 4.12. The van der Waals surface area contributed by atoms with Crippen molar-refractivity contribution < 1.29 is 9.53 Å². The number of ether oxygens (including phenoxy) is 1. The molecule has 22 heavy (non-hydrogen) atoms. The molecule has 4 nitrogen and oxygen atoms in total. The Morgan fingerprint density at radius 3 is 2.73 bits per heavy atom. The fourth-order valence-corrected chi connectivity index (χ4v) is 2.68. The van der Waals surface area contributed by atoms with Crippen LogP contribution in [0.3, 0.4) is 0 Å². The van der Waals surface area contributed by atoms with Crippen LogP contribution in [0.25, 0.3) is 0 Å². The van der Waals surface area contributed by atoms with Crippen LogP contribution in [0.5, 0.6) is 5.75 Å². The quantitative estimate of drug-likeness (QED) is 0.905. The van der Waals surface area contributed by atoms with E-state index in [4.69, 9.17) is 10.5 Å². The molecule has 2 unspecified atom stereocenters. The third kappa shape index (κ3) is 4.62. The number of halogens is 1. The lowest BCUT2D eigenvalue weighted by Crippen LogP contribution is -2.39. The predicted octanol–water partition coefficient (Wildman–Crippen LogP) is 2.81. The number of nitrogens with two attached hydrogens (primary N) is 1. The summed E-state index contributed by atoms with van der Waals surface area (Å²) in [6, 6.07) is 7.97. The van der Waals surface area contributed by atoms with Gasteiger partial charge in [-0.2, -0.15) is 0 Å². The lowest BCUT2D eigenvalue weighted by Gasteiger charge is -2.22. The van der Waals surface area contributed by atoms with Crippen molar-refractivity contribution >= 4 is 18.3 Å². The first kappa shape index (κ1) is 18.8. The zero-order chi connectivity index (χ0) is 15.4. The van der Waals surface area contributed by atoms with E-state index in [1.165, 1.54) is 5.56 Å². The second-order valence-electron chi connectivity index (χ2n) is 6.16. The molecule has 1 aliphatic rings. The first-order valence-corrected chi connectivity index (χ1v) is 7.76. The summed E-state index contributed by atoms with van der Waals surface area (Å²) in [6.07, 6.45) is 0.543. The Labute approximate surface area is 139 Å². The van der Waals surface area contributed by atoms with E-state index in [-0.39, 0.29) is 18.3 Å². The monoisotopic (exact) mass is 326 g/mol. The highest BCUT2D eigenvalue weighted by Gasteiger charge is 2.29. The van der Waals surface area contributed by atoms with Gasteiger partial charge in [-0.15, -0.1) is 12.4 Å². The zero-order valence-electron chi connectivity index (χ0n) is 13.6. The Morgan fingerprint density at radius 1 is 1.41 bits per heavy atom. The largest absolute Gasteiger partial charge is 0.481 e. The van der Waals surface area contributed by atoms with Crippen molar-refractivity contribution in [3.8, 4) is 5.75 Å². The van der Waals surface area contributed by atoms with Crippen molar-refractivity contribution in [2.75, 3.05) is 19.6 Å². The summed E-state index contributed by atoms with van der Waals surface area (Å²) < 4.78 is 5.83. The molecular weight excluding hydrogens is 300 g/mol. The number of benzene rings is 1. The molecule has 0 radical (unpaired) electrons. The van der Waals surface area contributed by atoms with Crippen molar-refractivity contribution in [2.24, 2.45) is 11.7 Å². The van der Waals surface area contributed by atoms with Crippen molar-refractivity contribution in [1.29, 1.82) is 0 Å². The number of rotatable bonds is 5. The first-order chi connectivity index (χ1) is 10.0. The van der Waals surface area contributed by atoms with E-state index in [0.717, 1.165) is 25.3 Å². The maximum absolute atomic E-state index is 12.4. The Morgan fingerprint density at radius 2 is 2.14 bits per heavy atom. The van der Waals surface area contributed by atoms with Crippen LogP contribution in [-0.2, 0) is 4.79 Å². The molecule has 0 bridgehead atoms. The Hall–Kier alpha value is -1.26. The Kier molecular flexibility index (Phi) is 7.17. The van der Waals surface area contributed by atoms with Crippen molar-refractivity contribution in [2.45, 2.75) is 39.2 Å². The first-order valence-electron chi connectivity index (χ1n) is 7.76. The molecule has 1 heterocycles. The van der Waals surface area contributed by atoms with E-state index in [1.54, 1.807) is 0 Å². The van der Waals surface area contributed by atoms with Gasteiger partial charge in [-0.05, 0) is 49.4 Å². The molecule has 2 N–H and O–H groups in total. The van der Waals surface area contributed by atoms with Crippen molar-refractivity contribution in [3.05, 3.63) is 29.8 Å². The van der Waals surface area contributed by atoms with Crippen molar-refractivity contribution in [3.63, 3.8) is 0 Å². The van der Waals surface area contributed by atoms with Crippen LogP contribution < -0.4 is 10.5 Å². The third-order valence-corrected chi connectivity index (χ3v) is 4.12. The highest BCUT2D eigenvalue weighted by Crippen LogP contribution is 2.22. The molecule has 1 fully saturated rings. The molecule has 0 aliphatic carbocycles. The number of likely N-dealkylation sites (tertiary alicyclic amines) is 1. The second kappa shape index (κ2) is 8.39. The van der Waals surface area contributed by atoms with Crippen molar-refractivity contribution in [1.82, 2.24) is 4.90 Å². The lowest BCUT2D eigenvalue weighted by molar-refractivity contribution is -0.136. The molecule has 1 amide bonds. The van der Waals surface area contributed by atoms with Gasteiger partial charge in [0.25, 0.3) is 5.91 Å². The van der Waals surface area contributed by atoms with E-state index in [0.29, 0.717) is 18.4 Å². The molecule has 1 aromatic rings. The van der Waals surface area contributed by atoms with Gasteiger partial charge in [0, 0.05) is 13.1 Å². The molecule has 2 rings (SSSR count). The molecular formula is C17H27ClN2O2. The minimum absolute atomic E-state index is 0. The fourth-order valence-electron chi connectivity index (χ4n) is 2.68. The number of nitrogens with zero attached hydrogens (tertiary/aromatic N) is 1. The standard InChI is InChI=1S/C17H26N2O2.ClH/c1-12(2)15-5-4-6-16(9-15)21-13(3)17(20)19-8-7-14(10-18)11-19;/h4-6,9,12-14H,7-8,10-11,18H2,1-3H3;1H. The highest BCUT2D eigenvalue weighted by molar-refractivity contribution is 5.85. The number of carbonyl (C=O) groups excluding carboxylic acids is 1. The average molecular weight is 327 g/mol. The summed E-state index contributed by atoms with van der Waals surface area (Å²) >= 11 is 0. The summed E-state index contributed by atoms with van der Waals surface area (Å²) in [5.41, 5.74) is 6.89. The van der Waals surface area contributed by atoms with Crippen LogP contribution in [0.4, 0.5) is 0 Å². The molecule has 0 aromatic heterocycles. The molecule has 124 valence electrons. The van der Waals surface area contributed by atoms with Gasteiger partial charge in [0.05, 0.1) is 0 Å². The highest BCUT2D eigenvalue weighted by atomic mass is 35.5. The smallest absolute Gasteiger partial charge is 0.263 e. The topological polar surface area (TPSA) is 55.6 Å². The minimum atomic E-state index is -0.455. The van der Waals surface area contributed by atoms with E-state index in [2.05, 4.69) is 19.9 Å². The molecule has 1 aromatic carbocycles. The summed E-state index contributed by atoms with van der Waals surface area (Å²) in [6.45, 7) is 8.31. The predicted molar refractivity (Wildman–Crippen MR) is 91.6 cm³/mol. The van der Waals surface area contributed by atoms with E-state index < -0.39 is 6.10 Å². The summed E-state index contributed by atoms with van der Waals surface area (Å²) in [4.78, 5) is 14.3. The van der Waals surface area contributed by atoms with Gasteiger partial charge < -0.3 is 15.4 Å². The minimum Gasteiger partial charge on any atom is -0.481 e. The number of amides is 1. The van der Waals surface area contributed by atoms with Gasteiger partial charge >= 0.3 is 0 Å². The summed E-state index contributed by atoms with van der Waals surface area (Å²) in [7, 11) is 0. The number of hydrogen-bond acceptors (Lipinski definition) is 3. The van der Waals surface area contributed by atoms with Gasteiger partial charge in [-0.1, -0.05) is 26.0 Å². The van der Waals surface area contributed by atoms with Crippen LogP contribution in [0, 0.1) is 5.92 Å². The van der Waals surface area contributed by atoms with Crippen LogP contribution in [0.1, 0.15) is 38.7 Å². The molecule has 1 aliphatic heterocycles. The van der Waals surface area contributed by atoms with Gasteiger partial charge in [0.15, 0.2) is 6.10 Å². The normalized spacial score (nSPS) is 19.0. The Balaban J connectivity index is 0.00000242. The van der Waals surface area contributed by atoms with E-state index >= 15 is 0 Å². The molecule has 5 heteroatoms. The van der Waals surface area contributed by atoms with Gasteiger partial charge in [-0.25, -0.2) is 0 Å². The van der Waals surface area contributed by atoms with Crippen LogP contribution >= 0.6 is 12.4 Å². The average Bonchev–Trinajstić information content (AvgIpc) is 2.95. The molecule has 2 atom stereocenters.